The Bertz CT molecular complexity index is 680. The van der Waals surface area contributed by atoms with Gasteiger partial charge in [0.1, 0.15) is 0 Å². The summed E-state index contributed by atoms with van der Waals surface area (Å²) in [5.41, 5.74) is 1.12. The maximum Gasteiger partial charge on any atom is 0.298 e. The Morgan fingerprint density at radius 2 is 1.36 bits per heavy atom. The van der Waals surface area contributed by atoms with E-state index in [0.717, 1.165) is 5.56 Å². The summed E-state index contributed by atoms with van der Waals surface area (Å²) in [7, 11) is 1.52. The molecule has 0 saturated heterocycles. The number of hydrogen-bond acceptors (Lipinski definition) is 3. The Morgan fingerprint density at radius 1 is 0.864 bits per heavy atom. The maximum absolute atomic E-state index is 12.2. The molecule has 0 spiro atoms. The number of ketones is 2. The van der Waals surface area contributed by atoms with Crippen LogP contribution in [0.4, 0.5) is 0 Å². The summed E-state index contributed by atoms with van der Waals surface area (Å²) in [5, 5.41) is 0. The molecule has 1 atom stereocenters. The first-order chi connectivity index (χ1) is 10.5. The van der Waals surface area contributed by atoms with Gasteiger partial charge in [-0.3, -0.25) is 14.4 Å². The molecule has 0 aromatic heterocycles. The molecule has 4 nitrogen and oxygen atoms in total. The van der Waals surface area contributed by atoms with Crippen molar-refractivity contribution in [3.05, 3.63) is 71.8 Å². The molecule has 1 amide bonds. The van der Waals surface area contributed by atoms with Crippen molar-refractivity contribution < 1.29 is 14.4 Å². The Balaban J connectivity index is 2.13. The minimum atomic E-state index is -1.02. The predicted octanol–water partition coefficient (Wildman–Crippen LogP) is 2.66. The first-order valence-corrected chi connectivity index (χ1v) is 6.98. The number of rotatable bonds is 5. The van der Waals surface area contributed by atoms with Gasteiger partial charge in [-0.2, -0.15) is 0 Å². The normalized spacial score (nSPS) is 11.5. The van der Waals surface area contributed by atoms with E-state index in [9.17, 15) is 14.4 Å². The quantitative estimate of drug-likeness (QED) is 0.484. The van der Waals surface area contributed by atoms with Gasteiger partial charge in [-0.1, -0.05) is 60.7 Å². The number of likely N-dealkylation sites (N-methyl/N-ethyl adjacent to an activating group) is 1. The van der Waals surface area contributed by atoms with Gasteiger partial charge in [0.2, 0.25) is 5.78 Å². The molecule has 2 rings (SSSR count). The van der Waals surface area contributed by atoms with Gasteiger partial charge in [-0.15, -0.1) is 0 Å². The molecule has 0 aliphatic rings. The largest absolute Gasteiger partial charge is 0.332 e. The van der Waals surface area contributed by atoms with E-state index in [1.165, 1.54) is 24.1 Å². The van der Waals surface area contributed by atoms with Crippen molar-refractivity contribution in [2.45, 2.75) is 13.0 Å². The van der Waals surface area contributed by atoms with Crippen LogP contribution in [-0.2, 0) is 9.59 Å². The highest BCUT2D eigenvalue weighted by molar-refractivity contribution is 6.66. The number of Topliss-reactive ketones (excluding diaryl/α,β-unsaturated/α-hetero) is 2. The van der Waals surface area contributed by atoms with Crippen LogP contribution in [0.2, 0.25) is 0 Å². The van der Waals surface area contributed by atoms with Crippen LogP contribution >= 0.6 is 0 Å². The van der Waals surface area contributed by atoms with Crippen molar-refractivity contribution in [3.8, 4) is 0 Å². The number of benzene rings is 2. The van der Waals surface area contributed by atoms with Crippen molar-refractivity contribution >= 4 is 17.5 Å². The average Bonchev–Trinajstić information content (AvgIpc) is 2.60. The SMILES string of the molecule is CC(c1ccccc1)N(C)C(=O)C(=O)C(=O)c1ccccc1. The number of carbonyl (C=O) groups excluding carboxylic acids is 3. The third-order valence-electron chi connectivity index (χ3n) is 3.62. The highest BCUT2D eigenvalue weighted by atomic mass is 16.2. The first kappa shape index (κ1) is 15.6. The lowest BCUT2D eigenvalue weighted by Crippen LogP contribution is -2.38. The van der Waals surface area contributed by atoms with Crippen LogP contribution < -0.4 is 0 Å². The maximum atomic E-state index is 12.2. The second kappa shape index (κ2) is 6.80. The van der Waals surface area contributed by atoms with Gasteiger partial charge < -0.3 is 4.90 Å². The van der Waals surface area contributed by atoms with Gasteiger partial charge in [0.05, 0.1) is 6.04 Å². The van der Waals surface area contributed by atoms with Crippen molar-refractivity contribution in [3.63, 3.8) is 0 Å². The molecule has 22 heavy (non-hydrogen) atoms. The summed E-state index contributed by atoms with van der Waals surface area (Å²) >= 11 is 0. The van der Waals surface area contributed by atoms with Crippen LogP contribution in [0.3, 0.4) is 0 Å². The van der Waals surface area contributed by atoms with Crippen LogP contribution in [0, 0.1) is 0 Å². The summed E-state index contributed by atoms with van der Waals surface area (Å²) in [6.45, 7) is 1.81. The monoisotopic (exact) mass is 295 g/mol. The molecular weight excluding hydrogens is 278 g/mol. The third-order valence-corrected chi connectivity index (χ3v) is 3.62. The minimum absolute atomic E-state index is 0.224. The van der Waals surface area contributed by atoms with Gasteiger partial charge in [0.15, 0.2) is 0 Å². The van der Waals surface area contributed by atoms with Gasteiger partial charge in [0.25, 0.3) is 11.7 Å². The van der Waals surface area contributed by atoms with Crippen molar-refractivity contribution in [2.75, 3.05) is 7.05 Å². The molecule has 0 bridgehead atoms. The summed E-state index contributed by atoms with van der Waals surface area (Å²) < 4.78 is 0. The van der Waals surface area contributed by atoms with E-state index < -0.39 is 17.5 Å². The van der Waals surface area contributed by atoms with Gasteiger partial charge in [-0.05, 0) is 12.5 Å². The molecule has 2 aromatic rings. The molecule has 0 aliphatic carbocycles. The van der Waals surface area contributed by atoms with Gasteiger partial charge in [-0.25, -0.2) is 0 Å². The molecule has 0 N–H and O–H groups in total. The molecule has 0 saturated carbocycles. The lowest BCUT2D eigenvalue weighted by Gasteiger charge is -2.24. The van der Waals surface area contributed by atoms with E-state index in [1.54, 1.807) is 18.2 Å². The molecule has 0 aliphatic heterocycles. The Morgan fingerprint density at radius 3 is 1.91 bits per heavy atom. The Kier molecular flexibility index (Phi) is 4.84. The molecule has 0 radical (unpaired) electrons. The highest BCUT2D eigenvalue weighted by Crippen LogP contribution is 2.18. The zero-order valence-corrected chi connectivity index (χ0v) is 12.5. The fourth-order valence-electron chi connectivity index (χ4n) is 2.11. The van der Waals surface area contributed by atoms with Crippen molar-refractivity contribution in [1.82, 2.24) is 4.90 Å². The molecule has 2 aromatic carbocycles. The molecule has 0 heterocycles. The zero-order valence-electron chi connectivity index (χ0n) is 12.5. The zero-order chi connectivity index (χ0) is 16.1. The number of amides is 1. The second-order valence-electron chi connectivity index (χ2n) is 5.03. The number of carbonyl (C=O) groups is 3. The fraction of sp³-hybridized carbons (Fsp3) is 0.167. The van der Waals surface area contributed by atoms with Crippen LogP contribution in [-0.4, -0.2) is 29.4 Å². The van der Waals surface area contributed by atoms with E-state index in [1.807, 2.05) is 37.3 Å². The van der Waals surface area contributed by atoms with E-state index in [4.69, 9.17) is 0 Å². The summed E-state index contributed by atoms with van der Waals surface area (Å²) in [6.07, 6.45) is 0. The highest BCUT2D eigenvalue weighted by Gasteiger charge is 2.29. The topological polar surface area (TPSA) is 54.5 Å². The standard InChI is InChI=1S/C18H17NO3/c1-13(14-9-5-3-6-10-14)19(2)18(22)17(21)16(20)15-11-7-4-8-12-15/h3-13H,1-2H3. The minimum Gasteiger partial charge on any atom is -0.332 e. The van der Waals surface area contributed by atoms with Crippen LogP contribution in [0.5, 0.6) is 0 Å². The molecule has 1 unspecified atom stereocenters. The summed E-state index contributed by atoms with van der Waals surface area (Å²) in [5.74, 6) is -2.60. The Hall–Kier alpha value is -2.75. The third kappa shape index (κ3) is 3.28. The van der Waals surface area contributed by atoms with Gasteiger partial charge in [0, 0.05) is 12.6 Å². The fourth-order valence-corrected chi connectivity index (χ4v) is 2.11. The first-order valence-electron chi connectivity index (χ1n) is 6.98. The van der Waals surface area contributed by atoms with E-state index in [-0.39, 0.29) is 11.6 Å². The molecule has 0 fully saturated rings. The van der Waals surface area contributed by atoms with Crippen LogP contribution in [0.1, 0.15) is 28.9 Å². The van der Waals surface area contributed by atoms with E-state index >= 15 is 0 Å². The number of hydrogen-bond donors (Lipinski definition) is 0. The van der Waals surface area contributed by atoms with Crippen LogP contribution in [0.15, 0.2) is 60.7 Å². The molecular formula is C18H17NO3. The summed E-state index contributed by atoms with van der Waals surface area (Å²) in [4.78, 5) is 37.7. The van der Waals surface area contributed by atoms with Crippen molar-refractivity contribution in [2.24, 2.45) is 0 Å². The van der Waals surface area contributed by atoms with E-state index in [2.05, 4.69) is 0 Å². The van der Waals surface area contributed by atoms with E-state index in [0.29, 0.717) is 0 Å². The smallest absolute Gasteiger partial charge is 0.298 e. The Labute approximate surface area is 129 Å². The molecule has 112 valence electrons. The van der Waals surface area contributed by atoms with Crippen LogP contribution in [0.25, 0.3) is 0 Å². The second-order valence-corrected chi connectivity index (χ2v) is 5.03. The lowest BCUT2D eigenvalue weighted by molar-refractivity contribution is -0.142. The molecule has 4 heteroatoms. The van der Waals surface area contributed by atoms with Gasteiger partial charge >= 0.3 is 0 Å². The summed E-state index contributed by atoms with van der Waals surface area (Å²) in [6, 6.07) is 17.2. The average molecular weight is 295 g/mol. The lowest BCUT2D eigenvalue weighted by atomic mass is 10.0. The van der Waals surface area contributed by atoms with Crippen molar-refractivity contribution in [1.29, 1.82) is 0 Å². The predicted molar refractivity (Wildman–Crippen MR) is 83.4 cm³/mol. The number of nitrogens with zero attached hydrogens (tertiary/aromatic N) is 1.